The van der Waals surface area contributed by atoms with Gasteiger partial charge in [-0.3, -0.25) is 4.68 Å². The van der Waals surface area contributed by atoms with E-state index < -0.39 is 45.1 Å². The monoisotopic (exact) mass is 737 g/mol. The SMILES string of the molecule is COc1ccc(Cn2cc(C3CCC(F)(F)CC3Oc3cc(F)c(S(=O)(=O)N(Cc4ccc(OC)cc4OC)c4ccncn4)cc3C)cn2)cc1. The highest BCUT2D eigenvalue weighted by Gasteiger charge is 2.44. The first-order chi connectivity index (χ1) is 24.9. The Kier molecular flexibility index (Phi) is 10.6. The molecule has 52 heavy (non-hydrogen) atoms. The van der Waals surface area contributed by atoms with E-state index in [9.17, 15) is 17.2 Å². The molecule has 0 N–H and O–H groups in total. The second kappa shape index (κ2) is 15.1. The molecule has 5 aromatic rings. The average molecular weight is 738 g/mol. The first-order valence-corrected chi connectivity index (χ1v) is 17.8. The number of methoxy groups -OCH3 is 3. The van der Waals surface area contributed by atoms with E-state index in [2.05, 4.69) is 15.1 Å². The number of halogens is 3. The lowest BCUT2D eigenvalue weighted by Crippen LogP contribution is -2.38. The van der Waals surface area contributed by atoms with Crippen LogP contribution in [0.15, 0.2) is 90.5 Å². The Labute approximate surface area is 300 Å². The summed E-state index contributed by atoms with van der Waals surface area (Å²) in [4.78, 5) is 7.36. The third-order valence-electron chi connectivity index (χ3n) is 9.06. The van der Waals surface area contributed by atoms with Gasteiger partial charge in [0.05, 0.1) is 40.6 Å². The van der Waals surface area contributed by atoms with Crippen molar-refractivity contribution < 1.29 is 40.5 Å². The minimum absolute atomic E-state index is 0.00920. The second-order valence-electron chi connectivity index (χ2n) is 12.5. The van der Waals surface area contributed by atoms with Crippen LogP contribution in [0.3, 0.4) is 0 Å². The molecule has 2 unspecified atom stereocenters. The van der Waals surface area contributed by atoms with Crippen LogP contribution in [-0.2, 0) is 23.1 Å². The van der Waals surface area contributed by atoms with Crippen molar-refractivity contribution in [3.05, 3.63) is 114 Å². The van der Waals surface area contributed by atoms with Gasteiger partial charge in [-0.2, -0.15) is 5.10 Å². The van der Waals surface area contributed by atoms with Crippen molar-refractivity contribution in [3.8, 4) is 23.0 Å². The molecule has 1 aliphatic carbocycles. The molecule has 1 saturated carbocycles. The number of nitrogens with zero attached hydrogens (tertiary/aromatic N) is 5. The standard InChI is InChI=1S/C37H38F3N5O6S/c1-24-15-35(52(46,47)45(36-12-14-41-23-42-36)22-26-7-10-29(49-3)16-33(26)50-4)31(38)17-32(24)51-34-18-37(39,40)13-11-30(34)27-19-43-44(21-27)20-25-5-8-28(48-2)9-6-25/h5-10,12,14-17,19,21,23,30,34H,11,13,18,20,22H2,1-4H3. The lowest BCUT2D eigenvalue weighted by Gasteiger charge is -2.36. The van der Waals surface area contributed by atoms with Crippen molar-refractivity contribution in [1.29, 1.82) is 0 Å². The van der Waals surface area contributed by atoms with Crippen molar-refractivity contribution in [2.24, 2.45) is 0 Å². The topological polar surface area (TPSA) is 118 Å². The Bertz CT molecular complexity index is 2120. The van der Waals surface area contributed by atoms with Gasteiger partial charge in [-0.05, 0) is 60.4 Å². The number of rotatable bonds is 13. The van der Waals surface area contributed by atoms with Gasteiger partial charge in [0, 0.05) is 54.9 Å². The van der Waals surface area contributed by atoms with Crippen LogP contribution in [0.1, 0.15) is 47.4 Å². The van der Waals surface area contributed by atoms with Gasteiger partial charge in [-0.15, -0.1) is 0 Å². The van der Waals surface area contributed by atoms with Gasteiger partial charge in [0.25, 0.3) is 15.9 Å². The summed E-state index contributed by atoms with van der Waals surface area (Å²) >= 11 is 0. The van der Waals surface area contributed by atoms with Crippen molar-refractivity contribution >= 4 is 15.8 Å². The number of sulfonamides is 1. The van der Waals surface area contributed by atoms with Crippen LogP contribution in [0, 0.1) is 12.7 Å². The number of hydrogen-bond acceptors (Lipinski definition) is 9. The van der Waals surface area contributed by atoms with Crippen LogP contribution in [0.5, 0.6) is 23.0 Å². The second-order valence-corrected chi connectivity index (χ2v) is 14.3. The zero-order valence-electron chi connectivity index (χ0n) is 29.0. The maximum absolute atomic E-state index is 16.0. The first-order valence-electron chi connectivity index (χ1n) is 16.4. The normalized spacial score (nSPS) is 17.0. The van der Waals surface area contributed by atoms with Crippen LogP contribution >= 0.6 is 0 Å². The highest BCUT2D eigenvalue weighted by atomic mass is 32.2. The average Bonchev–Trinajstić information content (AvgIpc) is 3.60. The molecule has 0 radical (unpaired) electrons. The minimum Gasteiger partial charge on any atom is -0.497 e. The summed E-state index contributed by atoms with van der Waals surface area (Å²) < 4.78 is 98.9. The van der Waals surface area contributed by atoms with Crippen molar-refractivity contribution in [2.45, 2.75) is 62.1 Å². The number of aryl methyl sites for hydroxylation is 1. The molecule has 6 rings (SSSR count). The third-order valence-corrected chi connectivity index (χ3v) is 10.8. The Hall–Kier alpha value is -5.31. The van der Waals surface area contributed by atoms with Gasteiger partial charge in [0.2, 0.25) is 0 Å². The summed E-state index contributed by atoms with van der Waals surface area (Å²) in [5, 5.41) is 4.46. The summed E-state index contributed by atoms with van der Waals surface area (Å²) in [5.41, 5.74) is 2.38. The predicted molar refractivity (Wildman–Crippen MR) is 186 cm³/mol. The molecule has 15 heteroatoms. The molecule has 0 amide bonds. The van der Waals surface area contributed by atoms with E-state index >= 15 is 4.39 Å². The van der Waals surface area contributed by atoms with Crippen LogP contribution in [0.25, 0.3) is 0 Å². The zero-order chi connectivity index (χ0) is 37.0. The van der Waals surface area contributed by atoms with Crippen molar-refractivity contribution in [1.82, 2.24) is 19.7 Å². The summed E-state index contributed by atoms with van der Waals surface area (Å²) in [6, 6.07) is 15.9. The largest absolute Gasteiger partial charge is 0.497 e. The van der Waals surface area contributed by atoms with Crippen molar-refractivity contribution in [2.75, 3.05) is 25.6 Å². The first kappa shape index (κ1) is 36.5. The van der Waals surface area contributed by atoms with E-state index in [4.69, 9.17) is 18.9 Å². The number of benzene rings is 3. The van der Waals surface area contributed by atoms with Gasteiger partial charge < -0.3 is 18.9 Å². The van der Waals surface area contributed by atoms with Gasteiger partial charge in [-0.1, -0.05) is 12.1 Å². The third kappa shape index (κ3) is 7.93. The molecule has 274 valence electrons. The molecule has 0 spiro atoms. The molecule has 0 bridgehead atoms. The summed E-state index contributed by atoms with van der Waals surface area (Å²) in [6.07, 6.45) is 4.12. The van der Waals surface area contributed by atoms with E-state index in [1.165, 1.54) is 39.7 Å². The van der Waals surface area contributed by atoms with Gasteiger partial charge in [0.1, 0.15) is 52.0 Å². The highest BCUT2D eigenvalue weighted by Crippen LogP contribution is 2.44. The molecule has 2 atom stereocenters. The van der Waals surface area contributed by atoms with Crippen LogP contribution in [-0.4, -0.2) is 61.5 Å². The van der Waals surface area contributed by atoms with Gasteiger partial charge >= 0.3 is 0 Å². The molecule has 2 aromatic heterocycles. The summed E-state index contributed by atoms with van der Waals surface area (Å²) in [7, 11) is -0.0938. The quantitative estimate of drug-likeness (QED) is 0.127. The van der Waals surface area contributed by atoms with Gasteiger partial charge in [0.15, 0.2) is 0 Å². The lowest BCUT2D eigenvalue weighted by molar-refractivity contribution is -0.0774. The molecular formula is C37H38F3N5O6S. The highest BCUT2D eigenvalue weighted by molar-refractivity contribution is 7.92. The van der Waals surface area contributed by atoms with Crippen LogP contribution in [0.4, 0.5) is 19.0 Å². The maximum atomic E-state index is 16.0. The minimum atomic E-state index is -4.61. The smallest absolute Gasteiger partial charge is 0.268 e. The molecule has 11 nitrogen and oxygen atoms in total. The van der Waals surface area contributed by atoms with Crippen molar-refractivity contribution in [3.63, 3.8) is 0 Å². The fourth-order valence-electron chi connectivity index (χ4n) is 6.27. The molecular weight excluding hydrogens is 699 g/mol. The van der Waals surface area contributed by atoms with Crippen LogP contribution < -0.4 is 23.3 Å². The molecule has 2 heterocycles. The van der Waals surface area contributed by atoms with E-state index in [-0.39, 0.29) is 36.5 Å². The summed E-state index contributed by atoms with van der Waals surface area (Å²) in [6.45, 7) is 1.72. The Morgan fingerprint density at radius 3 is 2.40 bits per heavy atom. The molecule has 3 aromatic carbocycles. The molecule has 1 aliphatic rings. The van der Waals surface area contributed by atoms with Crippen LogP contribution in [0.2, 0.25) is 0 Å². The number of aromatic nitrogens is 4. The fraction of sp³-hybridized carbons (Fsp3) is 0.324. The van der Waals surface area contributed by atoms with E-state index in [1.54, 1.807) is 42.4 Å². The number of hydrogen-bond donors (Lipinski definition) is 0. The van der Waals surface area contributed by atoms with E-state index in [0.717, 1.165) is 27.8 Å². The van der Waals surface area contributed by atoms with E-state index in [0.29, 0.717) is 29.2 Å². The zero-order valence-corrected chi connectivity index (χ0v) is 29.8. The summed E-state index contributed by atoms with van der Waals surface area (Å²) in [5.74, 6) is -3.08. The Morgan fingerprint density at radius 1 is 0.962 bits per heavy atom. The molecule has 0 aliphatic heterocycles. The fourth-order valence-corrected chi connectivity index (χ4v) is 7.80. The van der Waals surface area contributed by atoms with E-state index in [1.807, 2.05) is 24.3 Å². The maximum Gasteiger partial charge on any atom is 0.268 e. The number of anilines is 1. The predicted octanol–water partition coefficient (Wildman–Crippen LogP) is 6.94. The Morgan fingerprint density at radius 2 is 1.71 bits per heavy atom. The number of alkyl halides is 2. The Balaban J connectivity index is 1.28. The lowest BCUT2D eigenvalue weighted by atomic mass is 9.81. The molecule has 1 fully saturated rings. The number of ether oxygens (including phenoxy) is 4. The molecule has 0 saturated heterocycles. The van der Waals surface area contributed by atoms with Gasteiger partial charge in [-0.25, -0.2) is 35.9 Å².